The zero-order chi connectivity index (χ0) is 14.5. The van der Waals surface area contributed by atoms with Gasteiger partial charge in [0.1, 0.15) is 17.5 Å². The van der Waals surface area contributed by atoms with E-state index in [-0.39, 0.29) is 12.0 Å². The molecule has 1 aliphatic carbocycles. The molecule has 6 heteroatoms. The van der Waals surface area contributed by atoms with Gasteiger partial charge >= 0.3 is 0 Å². The molecule has 2 atom stereocenters. The lowest BCUT2D eigenvalue weighted by Crippen LogP contribution is -2.25. The van der Waals surface area contributed by atoms with Crippen LogP contribution in [0.4, 0.5) is 11.6 Å². The van der Waals surface area contributed by atoms with Crippen molar-refractivity contribution in [3.05, 3.63) is 11.9 Å². The van der Waals surface area contributed by atoms with Crippen molar-refractivity contribution in [2.45, 2.75) is 51.6 Å². The maximum absolute atomic E-state index is 9.70. The zero-order valence-electron chi connectivity index (χ0n) is 12.3. The van der Waals surface area contributed by atoms with E-state index in [1.807, 2.05) is 6.07 Å². The molecule has 0 spiro atoms. The van der Waals surface area contributed by atoms with Crippen LogP contribution in [0.25, 0.3) is 0 Å². The Bertz CT molecular complexity index is 438. The molecular weight excluding hydrogens is 254 g/mol. The van der Waals surface area contributed by atoms with E-state index in [9.17, 15) is 5.11 Å². The van der Waals surface area contributed by atoms with Crippen LogP contribution in [0.5, 0.6) is 0 Å². The summed E-state index contributed by atoms with van der Waals surface area (Å²) in [7, 11) is 0. The molecule has 0 aromatic carbocycles. The van der Waals surface area contributed by atoms with E-state index < -0.39 is 0 Å². The molecule has 2 rings (SSSR count). The molecule has 1 aromatic rings. The quantitative estimate of drug-likeness (QED) is 0.485. The number of hydrazine groups is 1. The third kappa shape index (κ3) is 4.05. The van der Waals surface area contributed by atoms with Crippen LogP contribution in [-0.2, 0) is 0 Å². The Balaban J connectivity index is 1.99. The third-order valence-corrected chi connectivity index (χ3v) is 3.73. The largest absolute Gasteiger partial charge is 0.393 e. The second kappa shape index (κ2) is 6.85. The number of anilines is 2. The van der Waals surface area contributed by atoms with Crippen LogP contribution in [0.2, 0.25) is 0 Å². The van der Waals surface area contributed by atoms with Crippen LogP contribution in [0, 0.1) is 5.92 Å². The fourth-order valence-corrected chi connectivity index (χ4v) is 2.59. The van der Waals surface area contributed by atoms with Gasteiger partial charge in [-0.1, -0.05) is 20.3 Å². The van der Waals surface area contributed by atoms with Crippen LogP contribution in [0.3, 0.4) is 0 Å². The summed E-state index contributed by atoms with van der Waals surface area (Å²) in [6.45, 7) is 4.93. The number of aliphatic hydroxyl groups excluding tert-OH is 1. The summed E-state index contributed by atoms with van der Waals surface area (Å²) in [5.41, 5.74) is 2.58. The highest BCUT2D eigenvalue weighted by atomic mass is 16.3. The number of rotatable bonds is 5. The molecule has 0 amide bonds. The summed E-state index contributed by atoms with van der Waals surface area (Å²) in [5.74, 6) is 8.38. The van der Waals surface area contributed by atoms with Gasteiger partial charge in [0, 0.05) is 18.5 Å². The van der Waals surface area contributed by atoms with Crippen molar-refractivity contribution in [1.82, 2.24) is 9.97 Å². The minimum Gasteiger partial charge on any atom is -0.393 e. The molecule has 112 valence electrons. The van der Waals surface area contributed by atoms with Gasteiger partial charge in [-0.05, 0) is 25.2 Å². The van der Waals surface area contributed by atoms with Crippen molar-refractivity contribution in [1.29, 1.82) is 0 Å². The third-order valence-electron chi connectivity index (χ3n) is 3.73. The monoisotopic (exact) mass is 279 g/mol. The molecule has 0 saturated heterocycles. The first kappa shape index (κ1) is 15.0. The van der Waals surface area contributed by atoms with E-state index in [0.717, 1.165) is 43.9 Å². The van der Waals surface area contributed by atoms with E-state index >= 15 is 0 Å². The van der Waals surface area contributed by atoms with Crippen LogP contribution in [0.15, 0.2) is 6.07 Å². The van der Waals surface area contributed by atoms with E-state index in [1.165, 1.54) is 0 Å². The van der Waals surface area contributed by atoms with Crippen LogP contribution in [-0.4, -0.2) is 27.7 Å². The molecule has 2 unspecified atom stereocenters. The lowest BCUT2D eigenvalue weighted by atomic mass is 9.87. The van der Waals surface area contributed by atoms with E-state index in [2.05, 4.69) is 34.6 Å². The Kier molecular flexibility index (Phi) is 5.14. The molecule has 1 aliphatic rings. The number of hydrogen-bond acceptors (Lipinski definition) is 6. The highest BCUT2D eigenvalue weighted by Crippen LogP contribution is 2.25. The summed E-state index contributed by atoms with van der Waals surface area (Å²) >= 11 is 0. The highest BCUT2D eigenvalue weighted by Gasteiger charge is 2.20. The summed E-state index contributed by atoms with van der Waals surface area (Å²) in [4.78, 5) is 8.84. The molecule has 0 bridgehead atoms. The molecule has 1 aromatic heterocycles. The van der Waals surface area contributed by atoms with Gasteiger partial charge in [-0.15, -0.1) is 0 Å². The Hall–Kier alpha value is -1.40. The maximum Gasteiger partial charge on any atom is 0.145 e. The average molecular weight is 279 g/mol. The van der Waals surface area contributed by atoms with Crippen LogP contribution >= 0.6 is 0 Å². The normalized spacial score (nSPS) is 22.9. The first-order valence-electron chi connectivity index (χ1n) is 7.36. The molecule has 6 nitrogen and oxygen atoms in total. The summed E-state index contributed by atoms with van der Waals surface area (Å²) in [5, 5.41) is 13.0. The smallest absolute Gasteiger partial charge is 0.145 e. The zero-order valence-corrected chi connectivity index (χ0v) is 12.3. The maximum atomic E-state index is 9.70. The SMILES string of the molecule is CC(C)c1nc(NN)cc(NCC2CCCC(O)C2)n1. The van der Waals surface area contributed by atoms with Crippen molar-refractivity contribution in [3.63, 3.8) is 0 Å². The van der Waals surface area contributed by atoms with Crippen molar-refractivity contribution in [3.8, 4) is 0 Å². The number of nitrogens with zero attached hydrogens (tertiary/aromatic N) is 2. The molecule has 1 saturated carbocycles. The highest BCUT2D eigenvalue weighted by molar-refractivity contribution is 5.47. The number of aromatic nitrogens is 2. The summed E-state index contributed by atoms with van der Waals surface area (Å²) in [6, 6.07) is 1.81. The predicted octanol–water partition coefficient (Wildman–Crippen LogP) is 1.85. The number of hydrogen-bond donors (Lipinski definition) is 4. The lowest BCUT2D eigenvalue weighted by molar-refractivity contribution is 0.104. The first-order chi connectivity index (χ1) is 9.58. The van der Waals surface area contributed by atoms with E-state index in [1.54, 1.807) is 0 Å². The Morgan fingerprint density at radius 2 is 2.10 bits per heavy atom. The van der Waals surface area contributed by atoms with Gasteiger partial charge in [-0.2, -0.15) is 0 Å². The molecule has 1 heterocycles. The lowest BCUT2D eigenvalue weighted by Gasteiger charge is -2.26. The van der Waals surface area contributed by atoms with Gasteiger partial charge in [-0.25, -0.2) is 15.8 Å². The first-order valence-corrected chi connectivity index (χ1v) is 7.36. The number of aliphatic hydroxyl groups is 1. The van der Waals surface area contributed by atoms with Gasteiger partial charge in [0.05, 0.1) is 6.10 Å². The van der Waals surface area contributed by atoms with Gasteiger partial charge < -0.3 is 15.8 Å². The Morgan fingerprint density at radius 3 is 2.75 bits per heavy atom. The van der Waals surface area contributed by atoms with Crippen molar-refractivity contribution in [2.75, 3.05) is 17.3 Å². The standard InChI is InChI=1S/C14H25N5O/c1-9(2)14-17-12(7-13(18-14)19-15)16-8-10-4-3-5-11(20)6-10/h7,9-11,20H,3-6,8,15H2,1-2H3,(H2,16,17,18,19). The molecule has 0 radical (unpaired) electrons. The van der Waals surface area contributed by atoms with Crippen LogP contribution in [0.1, 0.15) is 51.3 Å². The molecular formula is C14H25N5O. The van der Waals surface area contributed by atoms with E-state index in [0.29, 0.717) is 11.7 Å². The predicted molar refractivity (Wildman–Crippen MR) is 80.4 cm³/mol. The molecule has 5 N–H and O–H groups in total. The minimum atomic E-state index is -0.145. The van der Waals surface area contributed by atoms with Crippen molar-refractivity contribution < 1.29 is 5.11 Å². The Labute approximate surface area is 120 Å². The molecule has 0 aliphatic heterocycles. The van der Waals surface area contributed by atoms with Gasteiger partial charge in [0.2, 0.25) is 0 Å². The second-order valence-corrected chi connectivity index (χ2v) is 5.86. The van der Waals surface area contributed by atoms with Gasteiger partial charge in [0.25, 0.3) is 0 Å². The number of nitrogens with two attached hydrogens (primary N) is 1. The number of nitrogen functional groups attached to an aromatic ring is 1. The average Bonchev–Trinajstić information content (AvgIpc) is 2.45. The van der Waals surface area contributed by atoms with Gasteiger partial charge in [0.15, 0.2) is 0 Å². The molecule has 20 heavy (non-hydrogen) atoms. The van der Waals surface area contributed by atoms with E-state index in [4.69, 9.17) is 5.84 Å². The second-order valence-electron chi connectivity index (χ2n) is 5.86. The fraction of sp³-hybridized carbons (Fsp3) is 0.714. The molecule has 1 fully saturated rings. The minimum absolute atomic E-state index is 0.145. The fourth-order valence-electron chi connectivity index (χ4n) is 2.59. The van der Waals surface area contributed by atoms with Crippen LogP contribution < -0.4 is 16.6 Å². The Morgan fingerprint density at radius 1 is 1.35 bits per heavy atom. The summed E-state index contributed by atoms with van der Waals surface area (Å²) < 4.78 is 0. The summed E-state index contributed by atoms with van der Waals surface area (Å²) in [6.07, 6.45) is 3.92. The van der Waals surface area contributed by atoms with Gasteiger partial charge in [-0.3, -0.25) is 0 Å². The van der Waals surface area contributed by atoms with Crippen molar-refractivity contribution >= 4 is 11.6 Å². The van der Waals surface area contributed by atoms with Crippen molar-refractivity contribution in [2.24, 2.45) is 11.8 Å². The topological polar surface area (TPSA) is 96.1 Å². The number of nitrogens with one attached hydrogen (secondary N) is 2.